The molecule has 0 saturated carbocycles. The summed E-state index contributed by atoms with van der Waals surface area (Å²) in [6, 6.07) is 0. The molecule has 0 unspecified atom stereocenters. The van der Waals surface area contributed by atoms with Crippen molar-refractivity contribution in [1.29, 1.82) is 0 Å². The van der Waals surface area contributed by atoms with Gasteiger partial charge in [0, 0.05) is 24.7 Å². The second-order valence-electron chi connectivity index (χ2n) is 4.64. The summed E-state index contributed by atoms with van der Waals surface area (Å²) in [5.41, 5.74) is 5.80. The molecule has 21 heavy (non-hydrogen) atoms. The molecule has 110 valence electrons. The number of nitrogens with zero attached hydrogens (tertiary/aromatic N) is 6. The summed E-state index contributed by atoms with van der Waals surface area (Å²) >= 11 is 1.34. The maximum absolute atomic E-state index is 12.8. The Bertz CT molecular complexity index is 922. The third kappa shape index (κ3) is 1.78. The van der Waals surface area contributed by atoms with Crippen molar-refractivity contribution in [3.05, 3.63) is 23.7 Å². The van der Waals surface area contributed by atoms with Crippen molar-refractivity contribution in [3.8, 4) is 0 Å². The molecule has 0 radical (unpaired) electrons. The number of imidazole rings is 1. The number of aromatic nitrogens is 5. The molecule has 1 aliphatic rings. The molecule has 0 fully saturated rings. The molecule has 4 rings (SSSR count). The van der Waals surface area contributed by atoms with Gasteiger partial charge in [-0.1, -0.05) is 0 Å². The fourth-order valence-electron chi connectivity index (χ4n) is 2.41. The average molecular weight is 325 g/mol. The Morgan fingerprint density at radius 1 is 1.33 bits per heavy atom. The Kier molecular flexibility index (Phi) is 2.58. The summed E-state index contributed by atoms with van der Waals surface area (Å²) in [6.45, 7) is 1.05. The molecule has 11 heteroatoms. The lowest BCUT2D eigenvalue weighted by Crippen LogP contribution is -2.38. The van der Waals surface area contributed by atoms with Gasteiger partial charge in [-0.15, -0.1) is 21.5 Å². The van der Waals surface area contributed by atoms with E-state index in [1.807, 2.05) is 4.57 Å². The van der Waals surface area contributed by atoms with Crippen LogP contribution in [0.25, 0.3) is 4.96 Å². The molecular formula is C10H11N7O2S2. The van der Waals surface area contributed by atoms with Crippen molar-refractivity contribution in [1.82, 2.24) is 28.5 Å². The van der Waals surface area contributed by atoms with E-state index in [0.717, 1.165) is 0 Å². The van der Waals surface area contributed by atoms with Gasteiger partial charge in [0.2, 0.25) is 0 Å². The van der Waals surface area contributed by atoms with Gasteiger partial charge in [-0.25, -0.2) is 13.4 Å². The van der Waals surface area contributed by atoms with Crippen molar-refractivity contribution in [2.45, 2.75) is 18.1 Å². The van der Waals surface area contributed by atoms with E-state index in [4.69, 9.17) is 5.73 Å². The number of fused-ring (bicyclic) bond motifs is 2. The maximum atomic E-state index is 12.8. The van der Waals surface area contributed by atoms with E-state index in [1.54, 1.807) is 17.9 Å². The highest BCUT2D eigenvalue weighted by atomic mass is 32.2. The van der Waals surface area contributed by atoms with Gasteiger partial charge >= 0.3 is 0 Å². The Morgan fingerprint density at radius 2 is 2.19 bits per heavy atom. The first-order valence-electron chi connectivity index (χ1n) is 6.15. The number of thiazole rings is 1. The van der Waals surface area contributed by atoms with E-state index in [0.29, 0.717) is 23.9 Å². The summed E-state index contributed by atoms with van der Waals surface area (Å²) in [7, 11) is -3.73. The highest BCUT2D eigenvalue weighted by molar-refractivity contribution is 7.89. The highest BCUT2D eigenvalue weighted by Gasteiger charge is 2.34. The molecule has 0 atom stereocenters. The molecule has 0 amide bonds. The number of sulfonamides is 1. The molecule has 2 N–H and O–H groups in total. The predicted octanol–water partition coefficient (Wildman–Crippen LogP) is -0.226. The van der Waals surface area contributed by atoms with Crippen LogP contribution in [0.4, 0.5) is 5.82 Å². The molecular weight excluding hydrogens is 314 g/mol. The zero-order chi connectivity index (χ0) is 14.6. The zero-order valence-corrected chi connectivity index (χ0v) is 12.4. The minimum absolute atomic E-state index is 0.0201. The molecule has 3 aromatic rings. The first kappa shape index (κ1) is 12.7. The summed E-state index contributed by atoms with van der Waals surface area (Å²) in [4.78, 5) is 4.65. The fourth-order valence-corrected chi connectivity index (χ4v) is 4.75. The van der Waals surface area contributed by atoms with Crippen LogP contribution in [-0.4, -0.2) is 43.4 Å². The topological polar surface area (TPSA) is 111 Å². The number of anilines is 1. The Hall–Kier alpha value is -1.98. The smallest absolute Gasteiger partial charge is 0.263 e. The van der Waals surface area contributed by atoms with Crippen LogP contribution in [0.15, 0.2) is 22.9 Å². The third-order valence-corrected chi connectivity index (χ3v) is 6.07. The van der Waals surface area contributed by atoms with Gasteiger partial charge in [0.15, 0.2) is 15.8 Å². The second kappa shape index (κ2) is 4.26. The first-order valence-corrected chi connectivity index (χ1v) is 8.47. The van der Waals surface area contributed by atoms with Crippen LogP contribution in [0, 0.1) is 0 Å². The SMILES string of the molecule is Nc1nc2sccn2c1S(=O)(=O)N1CCn2cnnc2C1. The predicted molar refractivity (Wildman–Crippen MR) is 75.1 cm³/mol. The summed E-state index contributed by atoms with van der Waals surface area (Å²) < 4.78 is 30.4. The molecule has 0 bridgehead atoms. The lowest BCUT2D eigenvalue weighted by molar-refractivity contribution is 0.334. The Balaban J connectivity index is 1.81. The van der Waals surface area contributed by atoms with Gasteiger partial charge in [0.25, 0.3) is 10.0 Å². The van der Waals surface area contributed by atoms with E-state index < -0.39 is 10.0 Å². The van der Waals surface area contributed by atoms with Crippen molar-refractivity contribution in [3.63, 3.8) is 0 Å². The van der Waals surface area contributed by atoms with Gasteiger partial charge < -0.3 is 10.3 Å². The number of hydrogen-bond donors (Lipinski definition) is 1. The zero-order valence-electron chi connectivity index (χ0n) is 10.7. The summed E-state index contributed by atoms with van der Waals surface area (Å²) in [5, 5.41) is 9.52. The molecule has 0 aliphatic carbocycles. The van der Waals surface area contributed by atoms with Crippen LogP contribution in [-0.2, 0) is 23.1 Å². The van der Waals surface area contributed by atoms with E-state index >= 15 is 0 Å². The van der Waals surface area contributed by atoms with Crippen LogP contribution in [0.3, 0.4) is 0 Å². The summed E-state index contributed by atoms with van der Waals surface area (Å²) in [5.74, 6) is 0.642. The normalized spacial score (nSPS) is 16.4. The molecule has 0 aromatic carbocycles. The fraction of sp³-hybridized carbons (Fsp3) is 0.300. The monoisotopic (exact) mass is 325 g/mol. The Labute approximate surface area is 123 Å². The van der Waals surface area contributed by atoms with Gasteiger partial charge in [0.05, 0.1) is 6.54 Å². The van der Waals surface area contributed by atoms with Crippen LogP contribution in [0.2, 0.25) is 0 Å². The number of nitrogen functional groups attached to an aromatic ring is 1. The van der Waals surface area contributed by atoms with Crippen molar-refractivity contribution >= 4 is 32.1 Å². The Morgan fingerprint density at radius 3 is 3.05 bits per heavy atom. The van der Waals surface area contributed by atoms with Crippen molar-refractivity contribution < 1.29 is 8.42 Å². The van der Waals surface area contributed by atoms with Gasteiger partial charge in [-0.2, -0.15) is 4.31 Å². The first-order chi connectivity index (χ1) is 10.1. The lowest BCUT2D eigenvalue weighted by Gasteiger charge is -2.25. The average Bonchev–Trinajstić information content (AvgIpc) is 3.11. The van der Waals surface area contributed by atoms with Crippen molar-refractivity contribution in [2.75, 3.05) is 12.3 Å². The number of nitrogens with two attached hydrogens (primary N) is 1. The van der Waals surface area contributed by atoms with E-state index in [9.17, 15) is 8.42 Å². The van der Waals surface area contributed by atoms with Crippen LogP contribution in [0.1, 0.15) is 5.82 Å². The molecule has 9 nitrogen and oxygen atoms in total. The van der Waals surface area contributed by atoms with Gasteiger partial charge in [-0.05, 0) is 0 Å². The molecule has 0 spiro atoms. The molecule has 3 aromatic heterocycles. The minimum Gasteiger partial charge on any atom is -0.381 e. The third-order valence-electron chi connectivity index (χ3n) is 3.43. The molecule has 1 aliphatic heterocycles. The van der Waals surface area contributed by atoms with E-state index in [1.165, 1.54) is 20.0 Å². The standard InChI is InChI=1S/C10H11N7O2S2/c11-8-9(17-3-4-20-10(17)13-8)21(18,19)16-2-1-15-6-12-14-7(15)5-16/h3-4,6H,1-2,5,11H2. The van der Waals surface area contributed by atoms with Crippen LogP contribution >= 0.6 is 11.3 Å². The van der Waals surface area contributed by atoms with E-state index in [2.05, 4.69) is 15.2 Å². The minimum atomic E-state index is -3.73. The molecule has 0 saturated heterocycles. The van der Waals surface area contributed by atoms with Gasteiger partial charge in [-0.3, -0.25) is 4.40 Å². The van der Waals surface area contributed by atoms with E-state index in [-0.39, 0.29) is 17.4 Å². The summed E-state index contributed by atoms with van der Waals surface area (Å²) in [6.07, 6.45) is 3.26. The maximum Gasteiger partial charge on any atom is 0.263 e. The number of hydrogen-bond acceptors (Lipinski definition) is 7. The molecule has 4 heterocycles. The largest absolute Gasteiger partial charge is 0.381 e. The van der Waals surface area contributed by atoms with Crippen molar-refractivity contribution in [2.24, 2.45) is 0 Å². The van der Waals surface area contributed by atoms with Gasteiger partial charge in [0.1, 0.15) is 12.2 Å². The quantitative estimate of drug-likeness (QED) is 0.697. The second-order valence-corrected chi connectivity index (χ2v) is 7.36. The highest BCUT2D eigenvalue weighted by Crippen LogP contribution is 2.27. The van der Waals surface area contributed by atoms with Crippen LogP contribution < -0.4 is 5.73 Å². The van der Waals surface area contributed by atoms with Crippen LogP contribution in [0.5, 0.6) is 0 Å². The lowest BCUT2D eigenvalue weighted by atomic mass is 10.4. The number of rotatable bonds is 2.